The van der Waals surface area contributed by atoms with Crippen molar-refractivity contribution in [2.75, 3.05) is 11.1 Å². The quantitative estimate of drug-likeness (QED) is 0.621. The van der Waals surface area contributed by atoms with E-state index in [0.717, 1.165) is 16.4 Å². The van der Waals surface area contributed by atoms with Crippen molar-refractivity contribution in [3.8, 4) is 0 Å². The van der Waals surface area contributed by atoms with Crippen molar-refractivity contribution >= 4 is 33.2 Å². The van der Waals surface area contributed by atoms with Crippen molar-refractivity contribution < 1.29 is 17.5 Å². The molecule has 0 spiro atoms. The third kappa shape index (κ3) is 5.25. The lowest BCUT2D eigenvalue weighted by molar-refractivity contribution is -0.699. The highest BCUT2D eigenvalue weighted by Gasteiger charge is 2.14. The van der Waals surface area contributed by atoms with Crippen LogP contribution >= 0.6 is 11.3 Å². The van der Waals surface area contributed by atoms with Gasteiger partial charge < -0.3 is 9.87 Å². The van der Waals surface area contributed by atoms with Crippen molar-refractivity contribution in [2.24, 2.45) is 0 Å². The van der Waals surface area contributed by atoms with Crippen molar-refractivity contribution in [3.05, 3.63) is 52.6 Å². The van der Waals surface area contributed by atoms with Gasteiger partial charge in [0.1, 0.15) is 0 Å². The molecular weight excluding hydrogens is 320 g/mol. The highest BCUT2D eigenvalue weighted by atomic mass is 32.2. The van der Waals surface area contributed by atoms with Crippen LogP contribution in [-0.2, 0) is 16.7 Å². The van der Waals surface area contributed by atoms with Gasteiger partial charge in [-0.1, -0.05) is 29.5 Å². The molecule has 0 saturated carbocycles. The first-order valence-corrected chi connectivity index (χ1v) is 9.31. The van der Waals surface area contributed by atoms with E-state index in [2.05, 4.69) is 5.32 Å². The van der Waals surface area contributed by atoms with Gasteiger partial charge in [-0.3, -0.25) is 0 Å². The summed E-state index contributed by atoms with van der Waals surface area (Å²) in [6, 6.07) is 9.80. The van der Waals surface area contributed by atoms with Crippen LogP contribution in [0, 0.1) is 6.92 Å². The molecule has 0 fully saturated rings. The highest BCUT2D eigenvalue weighted by molar-refractivity contribution is 7.85. The maximum atomic E-state index is 10.7. The van der Waals surface area contributed by atoms with Crippen LogP contribution in [0.25, 0.3) is 6.08 Å². The van der Waals surface area contributed by atoms with E-state index in [-0.39, 0.29) is 5.75 Å². The molecule has 0 amide bonds. The van der Waals surface area contributed by atoms with Crippen molar-refractivity contribution in [1.82, 2.24) is 0 Å². The number of hydrogen-bond donors (Lipinski definition) is 1. The molecule has 7 heteroatoms. The van der Waals surface area contributed by atoms with Gasteiger partial charge >= 0.3 is 0 Å². The molecule has 118 valence electrons. The van der Waals surface area contributed by atoms with E-state index < -0.39 is 10.1 Å². The average molecular weight is 338 g/mol. The number of aromatic nitrogens is 1. The zero-order valence-electron chi connectivity index (χ0n) is 12.2. The first-order valence-electron chi connectivity index (χ1n) is 6.85. The zero-order chi connectivity index (χ0) is 16.0. The molecule has 0 unspecified atom stereocenters. The summed E-state index contributed by atoms with van der Waals surface area (Å²) < 4.78 is 34.0. The van der Waals surface area contributed by atoms with Gasteiger partial charge in [-0.15, -0.1) is 0 Å². The van der Waals surface area contributed by atoms with Crippen LogP contribution in [0.3, 0.4) is 0 Å². The zero-order valence-corrected chi connectivity index (χ0v) is 13.9. The molecular formula is C15H18N2O3S2. The first-order chi connectivity index (χ1) is 10.5. The molecule has 1 aromatic heterocycles. The Bertz CT molecular complexity index is 737. The van der Waals surface area contributed by atoms with Gasteiger partial charge in [0.05, 0.1) is 15.5 Å². The van der Waals surface area contributed by atoms with Gasteiger partial charge in [-0.25, -0.2) is 8.42 Å². The number of hydrogen-bond acceptors (Lipinski definition) is 5. The Balaban J connectivity index is 1.99. The SMILES string of the molecule is Cc1csc(/C=C/Nc2ccccc2)[n+]1CCCS(=O)(=O)[O-]. The molecule has 5 nitrogen and oxygen atoms in total. The molecule has 1 N–H and O–H groups in total. The third-order valence-corrected chi connectivity index (χ3v) is 4.91. The number of para-hydroxylation sites is 1. The number of rotatable bonds is 7. The Morgan fingerprint density at radius 3 is 2.73 bits per heavy atom. The number of thiazole rings is 1. The van der Waals surface area contributed by atoms with Gasteiger partial charge in [0.15, 0.2) is 12.2 Å². The maximum absolute atomic E-state index is 10.7. The molecule has 0 aliphatic heterocycles. The second kappa shape index (κ2) is 7.53. The largest absolute Gasteiger partial charge is 0.748 e. The predicted molar refractivity (Wildman–Crippen MR) is 87.5 cm³/mol. The minimum absolute atomic E-state index is 0.320. The van der Waals surface area contributed by atoms with Gasteiger partial charge in [0.25, 0.3) is 5.01 Å². The highest BCUT2D eigenvalue weighted by Crippen LogP contribution is 2.11. The summed E-state index contributed by atoms with van der Waals surface area (Å²) in [5.41, 5.74) is 2.05. The molecule has 0 radical (unpaired) electrons. The van der Waals surface area contributed by atoms with Crippen LogP contribution in [0.4, 0.5) is 5.69 Å². The number of anilines is 1. The number of nitrogens with zero attached hydrogens (tertiary/aromatic N) is 1. The molecule has 0 atom stereocenters. The number of benzene rings is 1. The van der Waals surface area contributed by atoms with E-state index >= 15 is 0 Å². The molecule has 2 aromatic rings. The Hall–Kier alpha value is -1.70. The van der Waals surface area contributed by atoms with E-state index in [1.54, 1.807) is 11.3 Å². The van der Waals surface area contributed by atoms with Crippen molar-refractivity contribution in [2.45, 2.75) is 19.9 Å². The van der Waals surface area contributed by atoms with E-state index in [9.17, 15) is 13.0 Å². The van der Waals surface area contributed by atoms with Gasteiger partial charge in [-0.2, -0.15) is 4.57 Å². The van der Waals surface area contributed by atoms with Crippen LogP contribution in [-0.4, -0.2) is 18.7 Å². The molecule has 0 saturated heterocycles. The minimum atomic E-state index is -4.15. The average Bonchev–Trinajstić information content (AvgIpc) is 2.80. The second-order valence-electron chi connectivity index (χ2n) is 4.83. The number of nitrogens with one attached hydrogen (secondary N) is 1. The fourth-order valence-electron chi connectivity index (χ4n) is 2.01. The minimum Gasteiger partial charge on any atom is -0.748 e. The normalized spacial score (nSPS) is 11.9. The van der Waals surface area contributed by atoms with Crippen LogP contribution in [0.2, 0.25) is 0 Å². The molecule has 2 rings (SSSR count). The van der Waals surface area contributed by atoms with E-state index in [4.69, 9.17) is 0 Å². The third-order valence-electron chi connectivity index (χ3n) is 3.07. The Morgan fingerprint density at radius 1 is 1.32 bits per heavy atom. The van der Waals surface area contributed by atoms with Crippen LogP contribution in [0.15, 0.2) is 41.9 Å². The molecule has 0 aliphatic rings. The maximum Gasteiger partial charge on any atom is 0.263 e. The smallest absolute Gasteiger partial charge is 0.263 e. The lowest BCUT2D eigenvalue weighted by Crippen LogP contribution is -2.38. The summed E-state index contributed by atoms with van der Waals surface area (Å²) in [5, 5.41) is 6.19. The molecule has 0 aliphatic carbocycles. The standard InChI is InChI=1S/C15H18N2O3S2/c1-13-12-21-15(17(13)10-5-11-22(18,19)20)8-9-16-14-6-3-2-4-7-14/h2-4,6-9,12H,5,10-11H2,1H3,(H,18,19,20). The van der Waals surface area contributed by atoms with E-state index in [1.807, 2.05) is 59.5 Å². The Kier molecular flexibility index (Phi) is 5.70. The Labute approximate surface area is 134 Å². The van der Waals surface area contributed by atoms with Crippen molar-refractivity contribution in [1.29, 1.82) is 0 Å². The van der Waals surface area contributed by atoms with E-state index in [0.29, 0.717) is 13.0 Å². The summed E-state index contributed by atoms with van der Waals surface area (Å²) in [5.74, 6) is -0.333. The van der Waals surface area contributed by atoms with Crippen molar-refractivity contribution in [3.63, 3.8) is 0 Å². The van der Waals surface area contributed by atoms with Gasteiger partial charge in [-0.05, 0) is 12.1 Å². The van der Waals surface area contributed by atoms with Gasteiger partial charge in [0.2, 0.25) is 0 Å². The van der Waals surface area contributed by atoms with Crippen LogP contribution in [0.5, 0.6) is 0 Å². The van der Waals surface area contributed by atoms with Crippen LogP contribution in [0.1, 0.15) is 17.1 Å². The van der Waals surface area contributed by atoms with Gasteiger partial charge in [0, 0.05) is 37.1 Å². The summed E-state index contributed by atoms with van der Waals surface area (Å²) in [6.07, 6.45) is 4.11. The fourth-order valence-corrected chi connectivity index (χ4v) is 3.42. The summed E-state index contributed by atoms with van der Waals surface area (Å²) in [7, 11) is -4.15. The second-order valence-corrected chi connectivity index (χ2v) is 7.24. The van der Waals surface area contributed by atoms with Crippen LogP contribution < -0.4 is 9.88 Å². The monoisotopic (exact) mass is 338 g/mol. The lowest BCUT2D eigenvalue weighted by atomic mass is 10.3. The fraction of sp³-hybridized carbons (Fsp3) is 0.267. The molecule has 1 heterocycles. The molecule has 22 heavy (non-hydrogen) atoms. The topological polar surface area (TPSA) is 73.1 Å². The molecule has 0 bridgehead atoms. The first kappa shape index (κ1) is 16.7. The Morgan fingerprint density at radius 2 is 2.05 bits per heavy atom. The summed E-state index contributed by atoms with van der Waals surface area (Å²) >= 11 is 1.58. The molecule has 1 aromatic carbocycles. The predicted octanol–water partition coefficient (Wildman–Crippen LogP) is 2.36. The number of aryl methyl sites for hydroxylation is 1. The summed E-state index contributed by atoms with van der Waals surface area (Å²) in [6.45, 7) is 2.48. The summed E-state index contributed by atoms with van der Waals surface area (Å²) in [4.78, 5) is 0. The van der Waals surface area contributed by atoms with E-state index in [1.165, 1.54) is 0 Å². The lowest BCUT2D eigenvalue weighted by Gasteiger charge is -2.04.